The molecule has 0 aromatic heterocycles. The van der Waals surface area contributed by atoms with Crippen LogP contribution in [0.4, 0.5) is 0 Å². The standard InChI is InChI=1S/C44H54O4/c1-25-17-35(18-26(2)39(25)45)43(36-19-27(3)40(46)28(4)20-36)13-9-33(10-14-43)34-11-15-44(16-12-34,37-21-29(5)41(47)30(6)22-37)38-23-31(7)42(48)32(8)24-38/h17-24,33-34,45-48H,9-16H2,1-8H3. The van der Waals surface area contributed by atoms with Crippen molar-refractivity contribution >= 4 is 0 Å². The first-order valence-electron chi connectivity index (χ1n) is 17.9. The Balaban J connectivity index is 1.31. The van der Waals surface area contributed by atoms with E-state index in [4.69, 9.17) is 0 Å². The van der Waals surface area contributed by atoms with Crippen molar-refractivity contribution in [3.63, 3.8) is 0 Å². The van der Waals surface area contributed by atoms with Gasteiger partial charge >= 0.3 is 0 Å². The lowest BCUT2D eigenvalue weighted by atomic mass is 9.56. The van der Waals surface area contributed by atoms with E-state index in [1.165, 1.54) is 22.3 Å². The molecule has 254 valence electrons. The summed E-state index contributed by atoms with van der Waals surface area (Å²) in [5.74, 6) is 2.80. The first-order valence-corrected chi connectivity index (χ1v) is 17.9. The first kappa shape index (κ1) is 34.0. The molecule has 0 saturated heterocycles. The minimum absolute atomic E-state index is 0.163. The smallest absolute Gasteiger partial charge is 0.121 e. The van der Waals surface area contributed by atoms with Gasteiger partial charge in [-0.2, -0.15) is 0 Å². The Kier molecular flexibility index (Phi) is 8.85. The number of aromatic hydroxyl groups is 4. The van der Waals surface area contributed by atoms with Crippen molar-refractivity contribution in [3.8, 4) is 23.0 Å². The highest BCUT2D eigenvalue weighted by Crippen LogP contribution is 2.55. The van der Waals surface area contributed by atoms with E-state index in [1.807, 2.05) is 55.4 Å². The summed E-state index contributed by atoms with van der Waals surface area (Å²) in [4.78, 5) is 0. The summed E-state index contributed by atoms with van der Waals surface area (Å²) in [6.45, 7) is 16.0. The Morgan fingerprint density at radius 1 is 0.354 bits per heavy atom. The molecule has 2 fully saturated rings. The van der Waals surface area contributed by atoms with Crippen molar-refractivity contribution < 1.29 is 20.4 Å². The fraction of sp³-hybridized carbons (Fsp3) is 0.455. The molecule has 0 spiro atoms. The SMILES string of the molecule is Cc1cc(C2(c3cc(C)c(O)c(C)c3)CCC(C3CCC(c4cc(C)c(O)c(C)c4)(c4cc(C)c(O)c(C)c4)CC3)CC2)cc(C)c1O. The van der Waals surface area contributed by atoms with Crippen LogP contribution in [0.1, 0.15) is 118 Å². The van der Waals surface area contributed by atoms with E-state index in [-0.39, 0.29) is 10.8 Å². The summed E-state index contributed by atoms with van der Waals surface area (Å²) < 4.78 is 0. The summed E-state index contributed by atoms with van der Waals surface area (Å²) in [7, 11) is 0. The monoisotopic (exact) mass is 646 g/mol. The van der Waals surface area contributed by atoms with Crippen LogP contribution in [0.15, 0.2) is 48.5 Å². The Hall–Kier alpha value is -3.92. The second kappa shape index (κ2) is 12.5. The van der Waals surface area contributed by atoms with Crippen molar-refractivity contribution in [1.29, 1.82) is 0 Å². The van der Waals surface area contributed by atoms with Crippen molar-refractivity contribution in [2.45, 2.75) is 118 Å². The van der Waals surface area contributed by atoms with Gasteiger partial charge in [0, 0.05) is 10.8 Å². The van der Waals surface area contributed by atoms with E-state index in [2.05, 4.69) is 48.5 Å². The minimum Gasteiger partial charge on any atom is -0.507 e. The van der Waals surface area contributed by atoms with Crippen molar-refractivity contribution in [3.05, 3.63) is 115 Å². The minimum atomic E-state index is -0.163. The van der Waals surface area contributed by atoms with Crippen LogP contribution < -0.4 is 0 Å². The number of benzene rings is 4. The van der Waals surface area contributed by atoms with Crippen LogP contribution in [0.2, 0.25) is 0 Å². The molecule has 2 aliphatic carbocycles. The number of aryl methyl sites for hydroxylation is 8. The predicted molar refractivity (Wildman–Crippen MR) is 196 cm³/mol. The average Bonchev–Trinajstić information content (AvgIpc) is 3.06. The molecule has 4 aromatic rings. The van der Waals surface area contributed by atoms with Crippen molar-refractivity contribution in [2.75, 3.05) is 0 Å². The quantitative estimate of drug-likeness (QED) is 0.174. The number of rotatable bonds is 5. The zero-order chi connectivity index (χ0) is 34.7. The maximum Gasteiger partial charge on any atom is 0.121 e. The zero-order valence-corrected chi connectivity index (χ0v) is 30.2. The van der Waals surface area contributed by atoms with Gasteiger partial charge in [-0.25, -0.2) is 0 Å². The lowest BCUT2D eigenvalue weighted by Crippen LogP contribution is -2.39. The molecule has 0 heterocycles. The van der Waals surface area contributed by atoms with E-state index < -0.39 is 0 Å². The second-order valence-corrected chi connectivity index (χ2v) is 15.7. The van der Waals surface area contributed by atoms with Crippen molar-refractivity contribution in [1.82, 2.24) is 0 Å². The molecule has 4 heteroatoms. The molecule has 0 aliphatic heterocycles. The van der Waals surface area contributed by atoms with Gasteiger partial charge in [0.2, 0.25) is 0 Å². The normalized spacial score (nSPS) is 18.2. The molecule has 2 aliphatic rings. The van der Waals surface area contributed by atoms with Crippen LogP contribution in [0, 0.1) is 67.2 Å². The molecule has 4 N–H and O–H groups in total. The van der Waals surface area contributed by atoms with Gasteiger partial charge in [-0.3, -0.25) is 0 Å². The third-order valence-corrected chi connectivity index (χ3v) is 12.6. The molecular formula is C44H54O4. The summed E-state index contributed by atoms with van der Waals surface area (Å²) in [5, 5.41) is 42.6. The maximum absolute atomic E-state index is 10.7. The lowest BCUT2D eigenvalue weighted by molar-refractivity contribution is 0.140. The number of phenols is 4. The third kappa shape index (κ3) is 5.65. The van der Waals surface area contributed by atoms with Gasteiger partial charge in [0.05, 0.1) is 0 Å². The van der Waals surface area contributed by atoms with Gasteiger partial charge in [0.1, 0.15) is 23.0 Å². The van der Waals surface area contributed by atoms with E-state index in [0.29, 0.717) is 34.8 Å². The zero-order valence-electron chi connectivity index (χ0n) is 30.2. The Labute approximate surface area is 287 Å². The Bertz CT molecular complexity index is 1520. The topological polar surface area (TPSA) is 80.9 Å². The molecule has 0 unspecified atom stereocenters. The summed E-state index contributed by atoms with van der Waals surface area (Å²) in [5.41, 5.74) is 12.1. The van der Waals surface area contributed by atoms with E-state index in [1.54, 1.807) is 0 Å². The highest BCUT2D eigenvalue weighted by atomic mass is 16.3. The maximum atomic E-state index is 10.7. The van der Waals surface area contributed by atoms with Crippen LogP contribution in [0.3, 0.4) is 0 Å². The predicted octanol–water partition coefficient (Wildman–Crippen LogP) is 10.6. The molecule has 0 bridgehead atoms. The fourth-order valence-electron chi connectivity index (χ4n) is 9.63. The summed E-state index contributed by atoms with van der Waals surface area (Å²) in [6, 6.07) is 17.5. The van der Waals surface area contributed by atoms with Crippen molar-refractivity contribution in [2.24, 2.45) is 11.8 Å². The molecule has 48 heavy (non-hydrogen) atoms. The molecular weight excluding hydrogens is 592 g/mol. The molecule has 4 nitrogen and oxygen atoms in total. The van der Waals surface area contributed by atoms with Gasteiger partial charge in [-0.1, -0.05) is 48.5 Å². The van der Waals surface area contributed by atoms with Gasteiger partial charge in [-0.05, 0) is 185 Å². The molecule has 6 rings (SSSR count). The number of hydrogen-bond donors (Lipinski definition) is 4. The third-order valence-electron chi connectivity index (χ3n) is 12.6. The summed E-state index contributed by atoms with van der Waals surface area (Å²) >= 11 is 0. The second-order valence-electron chi connectivity index (χ2n) is 15.7. The molecule has 4 aromatic carbocycles. The Morgan fingerprint density at radius 2 is 0.521 bits per heavy atom. The van der Waals surface area contributed by atoms with E-state index in [9.17, 15) is 20.4 Å². The van der Waals surface area contributed by atoms with Gasteiger partial charge in [-0.15, -0.1) is 0 Å². The van der Waals surface area contributed by atoms with E-state index >= 15 is 0 Å². The van der Waals surface area contributed by atoms with Crippen LogP contribution in [-0.4, -0.2) is 20.4 Å². The highest BCUT2D eigenvalue weighted by Gasteiger charge is 2.45. The first-order chi connectivity index (χ1) is 22.7. The summed E-state index contributed by atoms with van der Waals surface area (Å²) in [6.07, 6.45) is 8.74. The lowest BCUT2D eigenvalue weighted by Gasteiger charge is -2.47. The van der Waals surface area contributed by atoms with Crippen LogP contribution in [0.25, 0.3) is 0 Å². The van der Waals surface area contributed by atoms with Crippen LogP contribution in [-0.2, 0) is 10.8 Å². The molecule has 0 amide bonds. The largest absolute Gasteiger partial charge is 0.507 e. The highest BCUT2D eigenvalue weighted by molar-refractivity contribution is 5.54. The molecule has 0 atom stereocenters. The number of phenolic OH excluding ortho intramolecular Hbond substituents is 4. The average molecular weight is 647 g/mol. The fourth-order valence-corrected chi connectivity index (χ4v) is 9.63. The van der Waals surface area contributed by atoms with E-state index in [0.717, 1.165) is 95.9 Å². The molecule has 0 radical (unpaired) electrons. The van der Waals surface area contributed by atoms with Crippen LogP contribution in [0.5, 0.6) is 23.0 Å². The molecule has 2 saturated carbocycles. The number of hydrogen-bond acceptors (Lipinski definition) is 4. The van der Waals surface area contributed by atoms with Gasteiger partial charge in [0.15, 0.2) is 0 Å². The van der Waals surface area contributed by atoms with Crippen LogP contribution >= 0.6 is 0 Å². The van der Waals surface area contributed by atoms with Gasteiger partial charge in [0.25, 0.3) is 0 Å². The Morgan fingerprint density at radius 3 is 0.688 bits per heavy atom. The van der Waals surface area contributed by atoms with Gasteiger partial charge < -0.3 is 20.4 Å².